The zero-order valence-electron chi connectivity index (χ0n) is 30.8. The molecule has 13 heteroatoms. The lowest BCUT2D eigenvalue weighted by Crippen LogP contribution is -2.46. The highest BCUT2D eigenvalue weighted by Crippen LogP contribution is 2.42. The van der Waals surface area contributed by atoms with E-state index in [4.69, 9.17) is 9.47 Å². The van der Waals surface area contributed by atoms with Crippen LogP contribution in [-0.4, -0.2) is 68.5 Å². The molecule has 0 N–H and O–H groups in total. The fraction of sp³-hybridized carbons (Fsp3) is 0.450. The summed E-state index contributed by atoms with van der Waals surface area (Å²) in [6.07, 6.45) is 5.96. The van der Waals surface area contributed by atoms with Gasteiger partial charge in [-0.25, -0.2) is 32.5 Å². The van der Waals surface area contributed by atoms with Crippen molar-refractivity contribution in [1.29, 1.82) is 0 Å². The van der Waals surface area contributed by atoms with E-state index in [0.29, 0.717) is 37.0 Å². The van der Waals surface area contributed by atoms with Gasteiger partial charge in [0.2, 0.25) is 0 Å². The van der Waals surface area contributed by atoms with Crippen LogP contribution in [0, 0.1) is 29.4 Å². The molecular weight excluding hydrogens is 678 g/mol. The Morgan fingerprint density at radius 2 is 1.55 bits per heavy atom. The third-order valence-corrected chi connectivity index (χ3v) is 11.1. The van der Waals surface area contributed by atoms with E-state index >= 15 is 0 Å². The normalized spacial score (nSPS) is 20.2. The molecule has 2 fully saturated rings. The number of rotatable bonds is 13. The van der Waals surface area contributed by atoms with Crippen LogP contribution in [0.4, 0.5) is 20.2 Å². The molecule has 2 unspecified atom stereocenters. The summed E-state index contributed by atoms with van der Waals surface area (Å²) in [6.45, 7) is 13.2. The molecule has 0 saturated carbocycles. The molecule has 2 saturated heterocycles. The van der Waals surface area contributed by atoms with Crippen LogP contribution < -0.4 is 20.2 Å². The molecule has 280 valence electrons. The van der Waals surface area contributed by atoms with E-state index in [2.05, 4.69) is 76.9 Å². The van der Waals surface area contributed by atoms with Gasteiger partial charge in [0.15, 0.2) is 0 Å². The summed E-state index contributed by atoms with van der Waals surface area (Å²) in [7, 11) is 0. The molecule has 53 heavy (non-hydrogen) atoms. The standard InChI is InChI=1S/C40H48F2N8O3/c1-5-38(29(4)28(2)3)50-39(51)49(27-45-50)34-9-7-32(8-10-34)46-16-18-47(19-17-46)33-11-13-35(14-12-33)52-22-30-21-40(53-23-30,24-48-26-43-25-44-48)36-15-6-31(41)20-37(36)42/h6-15,20,25-30,38H,5,16-19,21-24H2,1-4H3/t29?,30-,38-,40?/m0/s1. The maximum absolute atomic E-state index is 15.0. The molecule has 3 aromatic carbocycles. The number of anilines is 2. The van der Waals surface area contributed by atoms with Gasteiger partial charge in [-0.2, -0.15) is 10.2 Å². The molecule has 4 atom stereocenters. The number of ether oxygens (including phenoxy) is 2. The molecule has 0 amide bonds. The van der Waals surface area contributed by atoms with Gasteiger partial charge in [0.25, 0.3) is 0 Å². The third-order valence-electron chi connectivity index (χ3n) is 11.1. The van der Waals surface area contributed by atoms with E-state index < -0.39 is 17.2 Å². The second-order valence-corrected chi connectivity index (χ2v) is 14.7. The van der Waals surface area contributed by atoms with Crippen molar-refractivity contribution in [2.45, 2.75) is 58.7 Å². The number of nitrogens with zero attached hydrogens (tertiary/aromatic N) is 8. The van der Waals surface area contributed by atoms with E-state index in [1.165, 1.54) is 18.5 Å². The summed E-state index contributed by atoms with van der Waals surface area (Å²) in [4.78, 5) is 22.1. The van der Waals surface area contributed by atoms with Crippen LogP contribution in [0.25, 0.3) is 5.69 Å². The Labute approximate surface area is 308 Å². The quantitative estimate of drug-likeness (QED) is 0.136. The molecule has 5 aromatic rings. The molecule has 0 radical (unpaired) electrons. The van der Waals surface area contributed by atoms with Gasteiger partial charge in [0.05, 0.1) is 31.5 Å². The Morgan fingerprint density at radius 3 is 2.15 bits per heavy atom. The minimum Gasteiger partial charge on any atom is -0.493 e. The highest BCUT2D eigenvalue weighted by atomic mass is 19.1. The zero-order chi connectivity index (χ0) is 37.1. The van der Waals surface area contributed by atoms with Crippen LogP contribution in [0.5, 0.6) is 5.75 Å². The van der Waals surface area contributed by atoms with Crippen molar-refractivity contribution in [2.75, 3.05) is 49.2 Å². The third kappa shape index (κ3) is 7.71. The molecular formula is C40H48F2N8O3. The van der Waals surface area contributed by atoms with Gasteiger partial charge in [-0.05, 0) is 79.3 Å². The molecule has 0 spiro atoms. The minimum absolute atomic E-state index is 0.00425. The predicted molar refractivity (Wildman–Crippen MR) is 200 cm³/mol. The zero-order valence-corrected chi connectivity index (χ0v) is 30.8. The average Bonchev–Trinajstić information content (AvgIpc) is 3.93. The van der Waals surface area contributed by atoms with Crippen molar-refractivity contribution >= 4 is 11.4 Å². The molecule has 0 aliphatic carbocycles. The topological polar surface area (TPSA) is 95.5 Å². The second-order valence-electron chi connectivity index (χ2n) is 14.7. The van der Waals surface area contributed by atoms with E-state index in [1.807, 2.05) is 24.3 Å². The first-order valence-corrected chi connectivity index (χ1v) is 18.6. The maximum atomic E-state index is 15.0. The smallest absolute Gasteiger partial charge is 0.350 e. The summed E-state index contributed by atoms with van der Waals surface area (Å²) in [5.41, 5.74) is 2.25. The lowest BCUT2D eigenvalue weighted by molar-refractivity contribution is -0.0206. The Hall–Kier alpha value is -5.04. The van der Waals surface area contributed by atoms with Crippen LogP contribution in [0.1, 0.15) is 52.1 Å². The maximum Gasteiger partial charge on any atom is 0.350 e. The first-order chi connectivity index (χ1) is 25.6. The van der Waals surface area contributed by atoms with Gasteiger partial charge in [-0.1, -0.05) is 33.8 Å². The Kier molecular flexibility index (Phi) is 10.6. The van der Waals surface area contributed by atoms with Gasteiger partial charge in [-0.15, -0.1) is 0 Å². The lowest BCUT2D eigenvalue weighted by atomic mass is 9.87. The molecule has 7 rings (SSSR count). The highest BCUT2D eigenvalue weighted by Gasteiger charge is 2.44. The molecule has 2 aliphatic heterocycles. The summed E-state index contributed by atoms with van der Waals surface area (Å²) in [5.74, 6) is 0.270. The predicted octanol–water partition coefficient (Wildman–Crippen LogP) is 6.48. The molecule has 11 nitrogen and oxygen atoms in total. The molecule has 2 aromatic heterocycles. The van der Waals surface area contributed by atoms with Crippen LogP contribution in [-0.2, 0) is 16.9 Å². The van der Waals surface area contributed by atoms with E-state index in [9.17, 15) is 13.6 Å². The van der Waals surface area contributed by atoms with E-state index in [0.717, 1.165) is 61.5 Å². The number of hydrogen-bond acceptors (Lipinski definition) is 8. The minimum atomic E-state index is -1.01. The number of aromatic nitrogens is 6. The van der Waals surface area contributed by atoms with E-state index in [-0.39, 0.29) is 24.2 Å². The van der Waals surface area contributed by atoms with Crippen molar-refractivity contribution in [3.05, 3.63) is 113 Å². The average molecular weight is 727 g/mol. The number of halogens is 2. The monoisotopic (exact) mass is 726 g/mol. The van der Waals surface area contributed by atoms with Crippen molar-refractivity contribution in [3.63, 3.8) is 0 Å². The van der Waals surface area contributed by atoms with Crippen LogP contribution in [0.2, 0.25) is 0 Å². The number of piperazine rings is 1. The van der Waals surface area contributed by atoms with Gasteiger partial charge < -0.3 is 19.3 Å². The van der Waals surface area contributed by atoms with Crippen molar-refractivity contribution in [1.82, 2.24) is 29.1 Å². The highest BCUT2D eigenvalue weighted by molar-refractivity contribution is 5.54. The van der Waals surface area contributed by atoms with Crippen molar-refractivity contribution < 1.29 is 18.3 Å². The fourth-order valence-corrected chi connectivity index (χ4v) is 7.73. The van der Waals surface area contributed by atoms with Crippen molar-refractivity contribution in [2.24, 2.45) is 17.8 Å². The summed E-state index contributed by atoms with van der Waals surface area (Å²) in [6, 6.07) is 19.9. The Morgan fingerprint density at radius 1 is 0.887 bits per heavy atom. The molecule has 4 heterocycles. The van der Waals surface area contributed by atoms with Gasteiger partial charge in [0, 0.05) is 55.1 Å². The first kappa shape index (κ1) is 36.3. The van der Waals surface area contributed by atoms with E-state index in [1.54, 1.807) is 26.6 Å². The Balaban J connectivity index is 0.921. The largest absolute Gasteiger partial charge is 0.493 e. The summed E-state index contributed by atoms with van der Waals surface area (Å²) < 4.78 is 46.1. The number of hydrogen-bond donors (Lipinski definition) is 0. The summed E-state index contributed by atoms with van der Waals surface area (Å²) >= 11 is 0. The lowest BCUT2D eigenvalue weighted by Gasteiger charge is -2.37. The van der Waals surface area contributed by atoms with Gasteiger partial charge >= 0.3 is 5.69 Å². The van der Waals surface area contributed by atoms with Gasteiger partial charge in [-0.3, -0.25) is 0 Å². The van der Waals surface area contributed by atoms with Crippen LogP contribution in [0.3, 0.4) is 0 Å². The SMILES string of the molecule is CC[C@@H](C(C)C(C)C)n1ncn(-c2ccc(N3CCN(c4ccc(OC[C@H]5COC(Cn6cncn6)(c6ccc(F)cc6F)C5)cc4)CC3)cc2)c1=O. The molecule has 2 aliphatic rings. The van der Waals surface area contributed by atoms with Crippen LogP contribution >= 0.6 is 0 Å². The molecule has 0 bridgehead atoms. The number of benzene rings is 3. The Bertz CT molecular complexity index is 2010. The first-order valence-electron chi connectivity index (χ1n) is 18.6. The fourth-order valence-electron chi connectivity index (χ4n) is 7.73. The summed E-state index contributed by atoms with van der Waals surface area (Å²) in [5, 5.41) is 8.69. The second kappa shape index (κ2) is 15.5. The van der Waals surface area contributed by atoms with Gasteiger partial charge in [0.1, 0.15) is 42.0 Å². The van der Waals surface area contributed by atoms with Crippen LogP contribution in [0.15, 0.2) is 90.5 Å². The van der Waals surface area contributed by atoms with Crippen molar-refractivity contribution in [3.8, 4) is 11.4 Å².